The van der Waals surface area contributed by atoms with Crippen molar-refractivity contribution in [3.05, 3.63) is 35.5 Å². The maximum Gasteiger partial charge on any atom is 0.0737 e. The second-order valence-corrected chi connectivity index (χ2v) is 5.19. The first-order valence-corrected chi connectivity index (χ1v) is 6.96. The molecule has 1 atom stereocenters. The number of alkyl halides is 1. The van der Waals surface area contributed by atoms with Gasteiger partial charge in [-0.3, -0.25) is 4.98 Å². The predicted octanol–water partition coefficient (Wildman–Crippen LogP) is 4.11. The van der Waals surface area contributed by atoms with Gasteiger partial charge >= 0.3 is 0 Å². The van der Waals surface area contributed by atoms with E-state index < -0.39 is 0 Å². The molecule has 0 saturated carbocycles. The molecule has 0 saturated heterocycles. The maximum absolute atomic E-state index is 5.98. The molecule has 0 aliphatic rings. The molecule has 0 radical (unpaired) electrons. The summed E-state index contributed by atoms with van der Waals surface area (Å²) in [5, 5.41) is 2.78. The fraction of sp³-hybridized carbons (Fsp3) is 0.308. The number of halogens is 2. The van der Waals surface area contributed by atoms with Gasteiger partial charge in [-0.2, -0.15) is 0 Å². The quantitative estimate of drug-likeness (QED) is 0.793. The summed E-state index contributed by atoms with van der Waals surface area (Å²) in [6, 6.07) is 8.29. The second kappa shape index (κ2) is 5.23. The Hall–Kier alpha value is -0.800. The molecule has 0 aliphatic heterocycles. The van der Waals surface area contributed by atoms with Gasteiger partial charge in [0, 0.05) is 40.7 Å². The molecular weight excluding hydrogens is 300 g/mol. The Balaban J connectivity index is 2.54. The Morgan fingerprint density at radius 3 is 2.88 bits per heavy atom. The van der Waals surface area contributed by atoms with Crippen molar-refractivity contribution >= 4 is 44.1 Å². The zero-order valence-corrected chi connectivity index (χ0v) is 12.2. The van der Waals surface area contributed by atoms with Crippen LogP contribution in [0.4, 0.5) is 5.69 Å². The first-order valence-electron chi connectivity index (χ1n) is 5.46. The van der Waals surface area contributed by atoms with Gasteiger partial charge in [-0.05, 0) is 31.2 Å². The van der Waals surface area contributed by atoms with Gasteiger partial charge in [0.1, 0.15) is 0 Å². The van der Waals surface area contributed by atoms with E-state index in [1.807, 2.05) is 30.5 Å². The molecule has 0 N–H and O–H groups in total. The van der Waals surface area contributed by atoms with E-state index in [1.165, 1.54) is 5.69 Å². The lowest BCUT2D eigenvalue weighted by Gasteiger charge is -2.26. The number of anilines is 1. The standard InChI is InChI=1S/C13H14BrClN2/c1-9(8-14)17(2)13-5-6-16-12-7-10(15)3-4-11(12)13/h3-7,9H,8H2,1-2H3. The highest BCUT2D eigenvalue weighted by Gasteiger charge is 2.11. The average molecular weight is 314 g/mol. The van der Waals surface area contributed by atoms with E-state index in [9.17, 15) is 0 Å². The molecule has 1 unspecified atom stereocenters. The molecule has 1 heterocycles. The summed E-state index contributed by atoms with van der Waals surface area (Å²) in [6.07, 6.45) is 1.82. The number of aromatic nitrogens is 1. The zero-order chi connectivity index (χ0) is 12.4. The maximum atomic E-state index is 5.98. The summed E-state index contributed by atoms with van der Waals surface area (Å²) in [7, 11) is 2.09. The topological polar surface area (TPSA) is 16.1 Å². The molecule has 1 aromatic carbocycles. The Bertz CT molecular complexity index is 530. The highest BCUT2D eigenvalue weighted by Crippen LogP contribution is 2.27. The molecule has 90 valence electrons. The number of nitrogens with zero attached hydrogens (tertiary/aromatic N) is 2. The van der Waals surface area contributed by atoms with E-state index in [1.54, 1.807) is 0 Å². The van der Waals surface area contributed by atoms with Crippen molar-refractivity contribution in [3.63, 3.8) is 0 Å². The van der Waals surface area contributed by atoms with Gasteiger partial charge in [-0.1, -0.05) is 27.5 Å². The molecule has 2 aromatic rings. The molecule has 4 heteroatoms. The van der Waals surface area contributed by atoms with Crippen molar-refractivity contribution in [1.82, 2.24) is 4.98 Å². The lowest BCUT2D eigenvalue weighted by atomic mass is 10.1. The highest BCUT2D eigenvalue weighted by atomic mass is 79.9. The molecule has 0 aliphatic carbocycles. The lowest BCUT2D eigenvalue weighted by molar-refractivity contribution is 0.772. The summed E-state index contributed by atoms with van der Waals surface area (Å²) < 4.78 is 0. The monoisotopic (exact) mass is 312 g/mol. The Morgan fingerprint density at radius 2 is 2.18 bits per heavy atom. The zero-order valence-electron chi connectivity index (χ0n) is 9.82. The third-order valence-electron chi connectivity index (χ3n) is 2.95. The van der Waals surface area contributed by atoms with Crippen LogP contribution >= 0.6 is 27.5 Å². The van der Waals surface area contributed by atoms with Gasteiger partial charge in [0.05, 0.1) is 5.52 Å². The van der Waals surface area contributed by atoms with E-state index in [4.69, 9.17) is 11.6 Å². The van der Waals surface area contributed by atoms with Gasteiger partial charge < -0.3 is 4.90 Å². The third-order valence-corrected chi connectivity index (χ3v) is 4.12. The normalized spacial score (nSPS) is 12.7. The molecule has 17 heavy (non-hydrogen) atoms. The van der Waals surface area contributed by atoms with E-state index in [0.717, 1.165) is 21.3 Å². The highest BCUT2D eigenvalue weighted by molar-refractivity contribution is 9.09. The SMILES string of the molecule is CC(CBr)N(C)c1ccnc2cc(Cl)ccc12. The van der Waals surface area contributed by atoms with Gasteiger partial charge in [0.25, 0.3) is 0 Å². The first-order chi connectivity index (χ1) is 8.13. The third kappa shape index (κ3) is 2.55. The Kier molecular flexibility index (Phi) is 3.89. The number of pyridine rings is 1. The number of hydrogen-bond donors (Lipinski definition) is 0. The molecule has 0 spiro atoms. The molecule has 0 fully saturated rings. The molecule has 0 bridgehead atoms. The predicted molar refractivity (Wildman–Crippen MR) is 78.4 cm³/mol. The van der Waals surface area contributed by atoms with E-state index in [0.29, 0.717) is 6.04 Å². The van der Waals surface area contributed by atoms with Crippen LogP contribution in [0.15, 0.2) is 30.5 Å². The minimum absolute atomic E-state index is 0.427. The van der Waals surface area contributed by atoms with Crippen molar-refractivity contribution in [2.45, 2.75) is 13.0 Å². The fourth-order valence-electron chi connectivity index (χ4n) is 1.75. The van der Waals surface area contributed by atoms with Crippen molar-refractivity contribution in [2.75, 3.05) is 17.3 Å². The number of hydrogen-bond acceptors (Lipinski definition) is 2. The van der Waals surface area contributed by atoms with E-state index in [-0.39, 0.29) is 0 Å². The van der Waals surface area contributed by atoms with Crippen molar-refractivity contribution in [2.24, 2.45) is 0 Å². The van der Waals surface area contributed by atoms with Crippen LogP contribution in [0.3, 0.4) is 0 Å². The smallest absolute Gasteiger partial charge is 0.0737 e. The van der Waals surface area contributed by atoms with Crippen LogP contribution in [0.5, 0.6) is 0 Å². The Labute approximate surface area is 115 Å². The summed E-state index contributed by atoms with van der Waals surface area (Å²) in [4.78, 5) is 6.59. The lowest BCUT2D eigenvalue weighted by Crippen LogP contribution is -2.30. The summed E-state index contributed by atoms with van der Waals surface area (Å²) >= 11 is 9.49. The van der Waals surface area contributed by atoms with Crippen molar-refractivity contribution < 1.29 is 0 Å². The molecule has 1 aromatic heterocycles. The van der Waals surface area contributed by atoms with Crippen LogP contribution in [-0.2, 0) is 0 Å². The summed E-state index contributed by atoms with van der Waals surface area (Å²) in [6.45, 7) is 2.18. The summed E-state index contributed by atoms with van der Waals surface area (Å²) in [5.74, 6) is 0. The molecule has 2 nitrogen and oxygen atoms in total. The average Bonchev–Trinajstić information content (AvgIpc) is 2.35. The minimum atomic E-state index is 0.427. The number of benzene rings is 1. The first kappa shape index (κ1) is 12.7. The van der Waals surface area contributed by atoms with Gasteiger partial charge in [-0.15, -0.1) is 0 Å². The van der Waals surface area contributed by atoms with Crippen LogP contribution in [0, 0.1) is 0 Å². The Morgan fingerprint density at radius 1 is 1.41 bits per heavy atom. The van der Waals surface area contributed by atoms with Gasteiger partial charge in [0.2, 0.25) is 0 Å². The number of rotatable bonds is 3. The van der Waals surface area contributed by atoms with Gasteiger partial charge in [-0.25, -0.2) is 0 Å². The number of fused-ring (bicyclic) bond motifs is 1. The van der Waals surface area contributed by atoms with E-state index in [2.05, 4.69) is 39.8 Å². The molecule has 2 rings (SSSR count). The summed E-state index contributed by atoms with van der Waals surface area (Å²) in [5.41, 5.74) is 2.11. The van der Waals surface area contributed by atoms with Crippen LogP contribution in [0.25, 0.3) is 10.9 Å². The van der Waals surface area contributed by atoms with Crippen LogP contribution < -0.4 is 4.90 Å². The second-order valence-electron chi connectivity index (χ2n) is 4.11. The van der Waals surface area contributed by atoms with Crippen LogP contribution in [0.2, 0.25) is 5.02 Å². The fourth-order valence-corrected chi connectivity index (χ4v) is 2.36. The minimum Gasteiger partial charge on any atom is -0.370 e. The van der Waals surface area contributed by atoms with Crippen molar-refractivity contribution in [3.8, 4) is 0 Å². The van der Waals surface area contributed by atoms with E-state index >= 15 is 0 Å². The molecular formula is C13H14BrClN2. The van der Waals surface area contributed by atoms with Gasteiger partial charge in [0.15, 0.2) is 0 Å². The molecule has 0 amide bonds. The van der Waals surface area contributed by atoms with Crippen molar-refractivity contribution in [1.29, 1.82) is 0 Å². The largest absolute Gasteiger partial charge is 0.370 e. The van der Waals surface area contributed by atoms with Crippen LogP contribution in [0.1, 0.15) is 6.92 Å². The van der Waals surface area contributed by atoms with Crippen LogP contribution in [-0.4, -0.2) is 23.4 Å².